The van der Waals surface area contributed by atoms with Gasteiger partial charge in [0.05, 0.1) is 11.3 Å². The Labute approximate surface area is 178 Å². The van der Waals surface area contributed by atoms with Crippen LogP contribution in [0.2, 0.25) is 0 Å². The van der Waals surface area contributed by atoms with Gasteiger partial charge in [-0.3, -0.25) is 4.79 Å². The van der Waals surface area contributed by atoms with E-state index in [2.05, 4.69) is 21.2 Å². The van der Waals surface area contributed by atoms with E-state index in [0.29, 0.717) is 23.1 Å². The summed E-state index contributed by atoms with van der Waals surface area (Å²) in [5, 5.41) is 2.23. The number of benzene rings is 2. The first-order valence-electron chi connectivity index (χ1n) is 8.73. The van der Waals surface area contributed by atoms with Gasteiger partial charge in [0.1, 0.15) is 11.6 Å². The molecule has 156 valence electrons. The summed E-state index contributed by atoms with van der Waals surface area (Å²) < 4.78 is 46.9. The predicted octanol–water partition coefficient (Wildman–Crippen LogP) is 5.07. The number of halogens is 4. The molecular formula is C21H16BrF3N2O3. The number of aryl methyl sites for hydroxylation is 1. The number of hydrogen-bond acceptors (Lipinski definition) is 3. The fourth-order valence-corrected chi connectivity index (χ4v) is 3.51. The Kier molecular flexibility index (Phi) is 6.31. The lowest BCUT2D eigenvalue weighted by Gasteiger charge is -2.11. The quantitative estimate of drug-likeness (QED) is 0.518. The van der Waals surface area contributed by atoms with Gasteiger partial charge >= 0.3 is 5.97 Å². The molecule has 3 rings (SSSR count). The smallest absolute Gasteiger partial charge is 0.340 e. The molecule has 0 saturated heterocycles. The van der Waals surface area contributed by atoms with Crippen LogP contribution in [0.3, 0.4) is 0 Å². The van der Waals surface area contributed by atoms with Crippen LogP contribution in [0, 0.1) is 31.3 Å². The van der Waals surface area contributed by atoms with Crippen molar-refractivity contribution in [3.63, 3.8) is 0 Å². The maximum absolute atomic E-state index is 13.8. The minimum atomic E-state index is -0.968. The van der Waals surface area contributed by atoms with Crippen LogP contribution in [-0.2, 0) is 9.53 Å². The molecule has 0 aliphatic carbocycles. The molecule has 0 saturated carbocycles. The molecule has 30 heavy (non-hydrogen) atoms. The number of nitrogens with zero attached hydrogens (tertiary/aromatic N) is 1. The summed E-state index contributed by atoms with van der Waals surface area (Å²) in [6, 6.07) is 8.98. The summed E-state index contributed by atoms with van der Waals surface area (Å²) in [6.45, 7) is 2.80. The molecule has 0 aliphatic rings. The van der Waals surface area contributed by atoms with Gasteiger partial charge in [-0.1, -0.05) is 0 Å². The van der Waals surface area contributed by atoms with Crippen molar-refractivity contribution in [2.75, 3.05) is 11.9 Å². The van der Waals surface area contributed by atoms with Crippen molar-refractivity contribution >= 4 is 33.5 Å². The molecule has 0 spiro atoms. The van der Waals surface area contributed by atoms with Crippen molar-refractivity contribution in [1.29, 1.82) is 0 Å². The zero-order valence-electron chi connectivity index (χ0n) is 15.9. The average Bonchev–Trinajstić information content (AvgIpc) is 2.98. The number of rotatable bonds is 5. The van der Waals surface area contributed by atoms with Gasteiger partial charge in [-0.25, -0.2) is 18.0 Å². The molecular weight excluding hydrogens is 465 g/mol. The Morgan fingerprint density at radius 2 is 1.70 bits per heavy atom. The van der Waals surface area contributed by atoms with Crippen LogP contribution < -0.4 is 5.32 Å². The third-order valence-electron chi connectivity index (χ3n) is 4.34. The SMILES string of the molecule is Cc1cc(C(=O)OCC(=O)Nc2c(F)cc(F)cc2Br)c(C)n1-c1ccc(F)cc1. The molecule has 0 bridgehead atoms. The maximum Gasteiger partial charge on any atom is 0.340 e. The molecule has 9 heteroatoms. The molecule has 3 aromatic rings. The molecule has 1 heterocycles. The largest absolute Gasteiger partial charge is 0.452 e. The van der Waals surface area contributed by atoms with Crippen molar-refractivity contribution < 1.29 is 27.5 Å². The summed E-state index contributed by atoms with van der Waals surface area (Å²) >= 11 is 2.96. The minimum Gasteiger partial charge on any atom is -0.452 e. The molecule has 0 radical (unpaired) electrons. The first-order chi connectivity index (χ1) is 14.2. The Balaban J connectivity index is 1.70. The lowest BCUT2D eigenvalue weighted by molar-refractivity contribution is -0.119. The molecule has 5 nitrogen and oxygen atoms in total. The van der Waals surface area contributed by atoms with Gasteiger partial charge in [0.25, 0.3) is 5.91 Å². The monoisotopic (exact) mass is 480 g/mol. The fraction of sp³-hybridized carbons (Fsp3) is 0.143. The van der Waals surface area contributed by atoms with Crippen molar-refractivity contribution in [2.24, 2.45) is 0 Å². The highest BCUT2D eigenvalue weighted by Gasteiger charge is 2.20. The van der Waals surface area contributed by atoms with Crippen LogP contribution in [-0.4, -0.2) is 23.1 Å². The number of ether oxygens (including phenoxy) is 1. The first-order valence-corrected chi connectivity index (χ1v) is 9.53. The van der Waals surface area contributed by atoms with Crippen LogP contribution in [0.4, 0.5) is 18.9 Å². The van der Waals surface area contributed by atoms with Crippen molar-refractivity contribution in [3.8, 4) is 5.69 Å². The fourth-order valence-electron chi connectivity index (χ4n) is 3.00. The first kappa shape index (κ1) is 21.6. The van der Waals surface area contributed by atoms with Gasteiger partial charge in [-0.2, -0.15) is 0 Å². The van der Waals surface area contributed by atoms with E-state index >= 15 is 0 Å². The molecule has 2 aromatic carbocycles. The van der Waals surface area contributed by atoms with Gasteiger partial charge in [-0.15, -0.1) is 0 Å². The number of carbonyl (C=O) groups excluding carboxylic acids is 2. The van der Waals surface area contributed by atoms with Crippen LogP contribution in [0.25, 0.3) is 5.69 Å². The summed E-state index contributed by atoms with van der Waals surface area (Å²) in [5.74, 6) is -3.69. The van der Waals surface area contributed by atoms with Crippen molar-refractivity contribution in [3.05, 3.63) is 81.3 Å². The van der Waals surface area contributed by atoms with Crippen LogP contribution in [0.15, 0.2) is 46.9 Å². The van der Waals surface area contributed by atoms with Crippen LogP contribution in [0.1, 0.15) is 21.7 Å². The van der Waals surface area contributed by atoms with E-state index in [-0.39, 0.29) is 21.5 Å². The molecule has 0 fully saturated rings. The number of carbonyl (C=O) groups is 2. The molecule has 0 atom stereocenters. The number of esters is 1. The number of anilines is 1. The van der Waals surface area contributed by atoms with Crippen LogP contribution >= 0.6 is 15.9 Å². The highest BCUT2D eigenvalue weighted by molar-refractivity contribution is 9.10. The predicted molar refractivity (Wildman–Crippen MR) is 108 cm³/mol. The zero-order chi connectivity index (χ0) is 22.0. The highest BCUT2D eigenvalue weighted by atomic mass is 79.9. The Bertz CT molecular complexity index is 1100. The number of hydrogen-bond donors (Lipinski definition) is 1. The second-order valence-electron chi connectivity index (χ2n) is 6.47. The van der Waals surface area contributed by atoms with E-state index in [1.807, 2.05) is 0 Å². The number of nitrogens with one attached hydrogen (secondary N) is 1. The van der Waals surface area contributed by atoms with E-state index in [0.717, 1.165) is 6.07 Å². The summed E-state index contributed by atoms with van der Waals surface area (Å²) in [4.78, 5) is 24.5. The summed E-state index contributed by atoms with van der Waals surface area (Å²) in [6.07, 6.45) is 0. The van der Waals surface area contributed by atoms with Crippen molar-refractivity contribution in [2.45, 2.75) is 13.8 Å². The van der Waals surface area contributed by atoms with Crippen LogP contribution in [0.5, 0.6) is 0 Å². The third-order valence-corrected chi connectivity index (χ3v) is 4.97. The lowest BCUT2D eigenvalue weighted by atomic mass is 10.2. The van der Waals surface area contributed by atoms with E-state index < -0.39 is 30.1 Å². The van der Waals surface area contributed by atoms with E-state index in [1.54, 1.807) is 36.6 Å². The Morgan fingerprint density at radius 1 is 1.03 bits per heavy atom. The standard InChI is InChI=1S/C21H16BrF3N2O3/c1-11-7-16(12(2)27(11)15-5-3-13(23)4-6-15)21(29)30-10-19(28)26-20-17(22)8-14(24)9-18(20)25/h3-9H,10H2,1-2H3,(H,26,28). The second-order valence-corrected chi connectivity index (χ2v) is 7.32. The zero-order valence-corrected chi connectivity index (χ0v) is 17.5. The number of amides is 1. The minimum absolute atomic E-state index is 0.0162. The molecule has 0 unspecified atom stereocenters. The number of aromatic nitrogens is 1. The van der Waals surface area contributed by atoms with Gasteiger partial charge in [0, 0.05) is 27.6 Å². The average molecular weight is 481 g/mol. The normalized spacial score (nSPS) is 10.7. The maximum atomic E-state index is 13.8. The van der Waals surface area contributed by atoms with E-state index in [4.69, 9.17) is 4.74 Å². The third kappa shape index (κ3) is 4.56. The lowest BCUT2D eigenvalue weighted by Crippen LogP contribution is -2.22. The summed E-state index contributed by atoms with van der Waals surface area (Å²) in [7, 11) is 0. The van der Waals surface area contributed by atoms with Gasteiger partial charge in [0.15, 0.2) is 12.4 Å². The van der Waals surface area contributed by atoms with Gasteiger partial charge < -0.3 is 14.6 Å². The Morgan fingerprint density at radius 3 is 2.33 bits per heavy atom. The van der Waals surface area contributed by atoms with E-state index in [9.17, 15) is 22.8 Å². The molecule has 1 N–H and O–H groups in total. The molecule has 0 aliphatic heterocycles. The summed E-state index contributed by atoms with van der Waals surface area (Å²) in [5.41, 5.74) is 1.91. The van der Waals surface area contributed by atoms with Gasteiger partial charge in [-0.05, 0) is 66.2 Å². The molecule has 1 aromatic heterocycles. The Hall–Kier alpha value is -3.07. The topological polar surface area (TPSA) is 60.3 Å². The van der Waals surface area contributed by atoms with Crippen molar-refractivity contribution in [1.82, 2.24) is 4.57 Å². The molecule has 1 amide bonds. The second kappa shape index (κ2) is 8.74. The van der Waals surface area contributed by atoms with E-state index in [1.165, 1.54) is 12.1 Å². The van der Waals surface area contributed by atoms with Gasteiger partial charge in [0.2, 0.25) is 0 Å². The highest BCUT2D eigenvalue weighted by Crippen LogP contribution is 2.27.